The van der Waals surface area contributed by atoms with Crippen molar-refractivity contribution >= 4 is 29.3 Å². The fourth-order valence-corrected chi connectivity index (χ4v) is 3.69. The van der Waals surface area contributed by atoms with Gasteiger partial charge in [-0.2, -0.15) is 0 Å². The van der Waals surface area contributed by atoms with Gasteiger partial charge < -0.3 is 26.4 Å². The summed E-state index contributed by atoms with van der Waals surface area (Å²) in [4.78, 5) is 28.3. The maximum absolute atomic E-state index is 14.8. The number of alkyl carbamates (subject to hydrolysis) is 1. The molecule has 1 aliphatic carbocycles. The molecule has 0 aliphatic heterocycles. The molecule has 1 saturated carbocycles. The van der Waals surface area contributed by atoms with E-state index >= 15 is 0 Å². The van der Waals surface area contributed by atoms with Crippen LogP contribution in [0.15, 0.2) is 30.3 Å². The van der Waals surface area contributed by atoms with Crippen molar-refractivity contribution in [1.82, 2.24) is 10.3 Å². The summed E-state index contributed by atoms with van der Waals surface area (Å²) < 4.78 is 33.7. The van der Waals surface area contributed by atoms with Crippen molar-refractivity contribution in [1.29, 1.82) is 0 Å². The number of nitrogens with two attached hydrogens (primary N) is 1. The van der Waals surface area contributed by atoms with Gasteiger partial charge in [-0.05, 0) is 57.9 Å². The summed E-state index contributed by atoms with van der Waals surface area (Å²) in [6.07, 6.45) is 2.60. The van der Waals surface area contributed by atoms with Gasteiger partial charge in [0, 0.05) is 11.7 Å². The molecule has 1 fully saturated rings. The Balaban J connectivity index is 1.83. The van der Waals surface area contributed by atoms with Crippen molar-refractivity contribution in [3.8, 4) is 0 Å². The smallest absolute Gasteiger partial charge is 0.407 e. The Morgan fingerprint density at radius 1 is 1.09 bits per heavy atom. The molecule has 8 nitrogen and oxygen atoms in total. The molecule has 33 heavy (non-hydrogen) atoms. The predicted molar refractivity (Wildman–Crippen MR) is 121 cm³/mol. The zero-order chi connectivity index (χ0) is 24.2. The van der Waals surface area contributed by atoms with Crippen LogP contribution in [0.4, 0.5) is 30.9 Å². The van der Waals surface area contributed by atoms with E-state index in [1.807, 2.05) is 0 Å². The maximum Gasteiger partial charge on any atom is 0.407 e. The number of halogens is 2. The summed E-state index contributed by atoms with van der Waals surface area (Å²) in [6.45, 7) is 5.32. The van der Waals surface area contributed by atoms with Crippen molar-refractivity contribution in [2.24, 2.45) is 5.73 Å². The number of anilines is 3. The zero-order valence-electron chi connectivity index (χ0n) is 18.9. The van der Waals surface area contributed by atoms with E-state index in [9.17, 15) is 18.4 Å². The third-order valence-corrected chi connectivity index (χ3v) is 5.12. The number of carbonyl (C=O) groups excluding carboxylic acids is 2. The lowest BCUT2D eigenvalue weighted by molar-refractivity contribution is 0.0488. The highest BCUT2D eigenvalue weighted by Gasteiger charge is 2.30. The number of benzene rings is 1. The van der Waals surface area contributed by atoms with Crippen LogP contribution in [0.5, 0.6) is 0 Å². The minimum Gasteiger partial charge on any atom is -0.444 e. The average Bonchev–Trinajstić information content (AvgIpc) is 2.70. The Hall–Kier alpha value is -3.43. The van der Waals surface area contributed by atoms with Gasteiger partial charge in [0.15, 0.2) is 11.6 Å². The van der Waals surface area contributed by atoms with E-state index in [-0.39, 0.29) is 29.3 Å². The minimum absolute atomic E-state index is 0.00976. The van der Waals surface area contributed by atoms with E-state index in [0.29, 0.717) is 18.5 Å². The number of aromatic nitrogens is 1. The molecule has 0 bridgehead atoms. The van der Waals surface area contributed by atoms with Crippen LogP contribution in [0.3, 0.4) is 0 Å². The third kappa shape index (κ3) is 6.77. The van der Waals surface area contributed by atoms with Crippen LogP contribution in [-0.2, 0) is 4.74 Å². The Bertz CT molecular complexity index is 1030. The Kier molecular flexibility index (Phi) is 7.35. The van der Waals surface area contributed by atoms with Crippen LogP contribution < -0.4 is 21.7 Å². The van der Waals surface area contributed by atoms with Crippen LogP contribution in [0.2, 0.25) is 0 Å². The van der Waals surface area contributed by atoms with Gasteiger partial charge in [0.05, 0.1) is 11.6 Å². The third-order valence-electron chi connectivity index (χ3n) is 5.12. The van der Waals surface area contributed by atoms with E-state index in [2.05, 4.69) is 20.9 Å². The van der Waals surface area contributed by atoms with Crippen molar-refractivity contribution in [3.63, 3.8) is 0 Å². The fraction of sp³-hybridized carbons (Fsp3) is 0.435. The first kappa shape index (κ1) is 24.2. The van der Waals surface area contributed by atoms with Crippen LogP contribution in [0.25, 0.3) is 0 Å². The average molecular weight is 462 g/mol. The molecule has 2 atom stereocenters. The highest BCUT2D eigenvalue weighted by molar-refractivity contribution is 5.98. The number of nitrogens with zero attached hydrogens (tertiary/aromatic N) is 1. The van der Waals surface area contributed by atoms with Gasteiger partial charge >= 0.3 is 6.09 Å². The maximum atomic E-state index is 14.8. The molecular weight excluding hydrogens is 432 g/mol. The molecule has 1 aromatic carbocycles. The number of hydrogen-bond donors (Lipinski definition) is 4. The molecule has 5 N–H and O–H groups in total. The van der Waals surface area contributed by atoms with Gasteiger partial charge in [0.25, 0.3) is 5.91 Å². The molecule has 0 unspecified atom stereocenters. The number of pyridine rings is 1. The van der Waals surface area contributed by atoms with Gasteiger partial charge in [-0.15, -0.1) is 0 Å². The number of ether oxygens (including phenoxy) is 1. The lowest BCUT2D eigenvalue weighted by Gasteiger charge is -2.34. The minimum atomic E-state index is -0.881. The number of amides is 2. The number of primary amides is 1. The van der Waals surface area contributed by atoms with Gasteiger partial charge in [-0.3, -0.25) is 4.79 Å². The summed E-state index contributed by atoms with van der Waals surface area (Å²) in [7, 11) is 0. The zero-order valence-corrected chi connectivity index (χ0v) is 18.9. The number of nitrogens with one attached hydrogen (secondary N) is 3. The summed E-state index contributed by atoms with van der Waals surface area (Å²) in [5, 5.41) is 8.72. The van der Waals surface area contributed by atoms with E-state index in [1.54, 1.807) is 26.8 Å². The molecule has 10 heteroatoms. The molecule has 178 valence electrons. The first-order chi connectivity index (χ1) is 15.5. The summed E-state index contributed by atoms with van der Waals surface area (Å²) in [5.74, 6) is -2.25. The SMILES string of the molecule is CC(C)(C)OC(=O)N[C@H]1CCCC[C@H]1Nc1nc(Nc2cccc(F)c2)c(C(N)=O)cc1F. The number of carbonyl (C=O) groups is 2. The highest BCUT2D eigenvalue weighted by Crippen LogP contribution is 2.27. The predicted octanol–water partition coefficient (Wildman–Crippen LogP) is 4.45. The molecule has 3 rings (SSSR count). The second-order valence-corrected chi connectivity index (χ2v) is 9.00. The number of rotatable bonds is 6. The molecule has 0 radical (unpaired) electrons. The molecule has 0 saturated heterocycles. The normalized spacial score (nSPS) is 18.3. The quantitative estimate of drug-likeness (QED) is 0.505. The Labute approximate surface area is 191 Å². The van der Waals surface area contributed by atoms with Crippen LogP contribution in [0.1, 0.15) is 56.8 Å². The van der Waals surface area contributed by atoms with E-state index < -0.39 is 29.2 Å². The highest BCUT2D eigenvalue weighted by atomic mass is 19.1. The second kappa shape index (κ2) is 10.0. The lowest BCUT2D eigenvalue weighted by atomic mass is 9.90. The molecule has 0 spiro atoms. The van der Waals surface area contributed by atoms with Crippen molar-refractivity contribution in [2.45, 2.75) is 64.1 Å². The van der Waals surface area contributed by atoms with Gasteiger partial charge in [0.2, 0.25) is 0 Å². The van der Waals surface area contributed by atoms with Crippen LogP contribution >= 0.6 is 0 Å². The van der Waals surface area contributed by atoms with Crippen molar-refractivity contribution < 1.29 is 23.1 Å². The monoisotopic (exact) mass is 461 g/mol. The van der Waals surface area contributed by atoms with Crippen molar-refractivity contribution in [2.75, 3.05) is 10.6 Å². The van der Waals surface area contributed by atoms with Gasteiger partial charge in [-0.1, -0.05) is 18.9 Å². The summed E-state index contributed by atoms with van der Waals surface area (Å²) >= 11 is 0. The summed E-state index contributed by atoms with van der Waals surface area (Å²) in [6, 6.07) is 5.92. The first-order valence-electron chi connectivity index (χ1n) is 10.8. The van der Waals surface area contributed by atoms with Crippen molar-refractivity contribution in [3.05, 3.63) is 47.5 Å². The largest absolute Gasteiger partial charge is 0.444 e. The topological polar surface area (TPSA) is 118 Å². The molecule has 1 aliphatic rings. The van der Waals surface area contributed by atoms with E-state index in [1.165, 1.54) is 18.2 Å². The molecule has 2 aromatic rings. The second-order valence-electron chi connectivity index (χ2n) is 9.00. The Morgan fingerprint density at radius 2 is 1.79 bits per heavy atom. The van der Waals surface area contributed by atoms with Gasteiger partial charge in [0.1, 0.15) is 17.2 Å². The molecule has 2 amide bonds. The molecular formula is C23H29F2N5O3. The number of hydrogen-bond acceptors (Lipinski definition) is 6. The molecule has 1 heterocycles. The van der Waals surface area contributed by atoms with Crippen LogP contribution in [0, 0.1) is 11.6 Å². The van der Waals surface area contributed by atoms with E-state index in [4.69, 9.17) is 10.5 Å². The lowest BCUT2D eigenvalue weighted by Crippen LogP contribution is -2.50. The van der Waals surface area contributed by atoms with Crippen LogP contribution in [-0.4, -0.2) is 34.7 Å². The standard InChI is InChI=1S/C23H29F2N5O3/c1-23(2,3)33-22(32)29-18-10-5-4-9-17(18)28-21-16(25)12-15(19(26)31)20(30-21)27-14-8-6-7-13(24)11-14/h6-8,11-12,17-18H,4-5,9-10H2,1-3H3,(H2,26,31)(H,29,32)(H2,27,28,30)/t17-,18+/m1/s1. The summed E-state index contributed by atoms with van der Waals surface area (Å²) in [5.41, 5.74) is 4.90. The van der Waals surface area contributed by atoms with Gasteiger partial charge in [-0.25, -0.2) is 18.6 Å². The first-order valence-corrected chi connectivity index (χ1v) is 10.8. The molecule has 1 aromatic heterocycles. The Morgan fingerprint density at radius 3 is 2.42 bits per heavy atom. The van der Waals surface area contributed by atoms with E-state index in [0.717, 1.165) is 18.9 Å². The fourth-order valence-electron chi connectivity index (χ4n) is 3.69.